The lowest BCUT2D eigenvalue weighted by Crippen LogP contribution is -2.34. The summed E-state index contributed by atoms with van der Waals surface area (Å²) in [5, 5.41) is 8.70. The van der Waals surface area contributed by atoms with Gasteiger partial charge in [0.05, 0.1) is 4.90 Å². The van der Waals surface area contributed by atoms with Crippen molar-refractivity contribution in [3.8, 4) is 0 Å². The van der Waals surface area contributed by atoms with E-state index in [4.69, 9.17) is 0 Å². The second-order valence-electron chi connectivity index (χ2n) is 5.05. The van der Waals surface area contributed by atoms with E-state index in [1.807, 2.05) is 0 Å². The quantitative estimate of drug-likeness (QED) is 0.906. The Morgan fingerprint density at radius 2 is 1.85 bits per heavy atom. The highest BCUT2D eigenvalue weighted by Crippen LogP contribution is 2.40. The molecule has 104 valence electrons. The van der Waals surface area contributed by atoms with E-state index in [2.05, 4.69) is 0 Å². The van der Waals surface area contributed by atoms with Gasteiger partial charge in [0, 0.05) is 11.5 Å². The van der Waals surface area contributed by atoms with Crippen molar-refractivity contribution in [1.82, 2.24) is 0 Å². The van der Waals surface area contributed by atoms with Crippen molar-refractivity contribution in [2.24, 2.45) is 5.92 Å². The van der Waals surface area contributed by atoms with E-state index >= 15 is 0 Å². The minimum Gasteiger partial charge on any atom is -0.508 e. The predicted molar refractivity (Wildman–Crippen MR) is 73.9 cm³/mol. The van der Waals surface area contributed by atoms with Crippen LogP contribution in [0.1, 0.15) is 12.8 Å². The van der Waals surface area contributed by atoms with Crippen molar-refractivity contribution in [2.75, 3.05) is 0 Å². The SMILES string of the molecule is O=C1C=C2C(O)=CCC[C@H]2[C@@H]1S(=O)(=O)c1ccccc1. The van der Waals surface area contributed by atoms with Gasteiger partial charge in [0.15, 0.2) is 15.6 Å². The van der Waals surface area contributed by atoms with E-state index < -0.39 is 26.8 Å². The van der Waals surface area contributed by atoms with Crippen LogP contribution in [0.25, 0.3) is 0 Å². The number of carbonyl (C=O) groups excluding carboxylic acids is 1. The van der Waals surface area contributed by atoms with Gasteiger partial charge in [-0.3, -0.25) is 4.79 Å². The maximum atomic E-state index is 12.7. The molecule has 0 amide bonds. The van der Waals surface area contributed by atoms with Crippen LogP contribution in [-0.4, -0.2) is 24.6 Å². The molecule has 0 fully saturated rings. The first-order valence-corrected chi connectivity index (χ1v) is 8.00. The summed E-state index contributed by atoms with van der Waals surface area (Å²) in [6.07, 6.45) is 4.06. The molecule has 0 spiro atoms. The molecule has 3 rings (SSSR count). The zero-order valence-corrected chi connectivity index (χ0v) is 11.5. The lowest BCUT2D eigenvalue weighted by atomic mass is 9.89. The number of sulfone groups is 1. The van der Waals surface area contributed by atoms with E-state index in [0.29, 0.717) is 18.4 Å². The standard InChI is InChI=1S/C15H14O4S/c16-13-8-4-7-11-12(13)9-14(17)15(11)20(18,19)10-5-2-1-3-6-10/h1-3,5-6,8-9,11,15-16H,4,7H2/t11-,15+/m1/s1. The number of hydrogen-bond acceptors (Lipinski definition) is 4. The van der Waals surface area contributed by atoms with Crippen molar-refractivity contribution < 1.29 is 18.3 Å². The van der Waals surface area contributed by atoms with Gasteiger partial charge in [0.2, 0.25) is 0 Å². The van der Waals surface area contributed by atoms with Crippen LogP contribution in [-0.2, 0) is 14.6 Å². The molecule has 0 saturated carbocycles. The molecule has 2 aliphatic rings. The maximum absolute atomic E-state index is 12.7. The minimum atomic E-state index is -3.72. The molecule has 2 atom stereocenters. The average molecular weight is 290 g/mol. The van der Waals surface area contributed by atoms with E-state index in [1.54, 1.807) is 24.3 Å². The summed E-state index contributed by atoms with van der Waals surface area (Å²) < 4.78 is 25.3. The monoisotopic (exact) mass is 290 g/mol. The summed E-state index contributed by atoms with van der Waals surface area (Å²) in [7, 11) is -3.72. The van der Waals surface area contributed by atoms with Crippen LogP contribution in [0.15, 0.2) is 58.7 Å². The number of ketones is 1. The van der Waals surface area contributed by atoms with Gasteiger partial charge in [-0.25, -0.2) is 8.42 Å². The molecule has 1 aromatic rings. The fourth-order valence-electron chi connectivity index (χ4n) is 2.92. The minimum absolute atomic E-state index is 0.0420. The molecule has 1 N–H and O–H groups in total. The molecule has 0 aromatic heterocycles. The Hall–Kier alpha value is -1.88. The molecule has 2 aliphatic carbocycles. The Morgan fingerprint density at radius 1 is 1.15 bits per heavy atom. The predicted octanol–water partition coefficient (Wildman–Crippen LogP) is 2.19. The highest BCUT2D eigenvalue weighted by Gasteiger charge is 2.46. The smallest absolute Gasteiger partial charge is 0.189 e. The number of carbonyl (C=O) groups is 1. The molecule has 4 nitrogen and oxygen atoms in total. The van der Waals surface area contributed by atoms with Crippen molar-refractivity contribution in [3.05, 3.63) is 53.8 Å². The normalized spacial score (nSPS) is 25.9. The van der Waals surface area contributed by atoms with Crippen molar-refractivity contribution in [3.63, 3.8) is 0 Å². The van der Waals surface area contributed by atoms with Crippen LogP contribution in [0.5, 0.6) is 0 Å². The summed E-state index contributed by atoms with van der Waals surface area (Å²) in [5.74, 6) is -0.825. The van der Waals surface area contributed by atoms with E-state index in [1.165, 1.54) is 18.2 Å². The lowest BCUT2D eigenvalue weighted by Gasteiger charge is -2.24. The molecular formula is C15H14O4S. The zero-order valence-electron chi connectivity index (χ0n) is 10.7. The largest absolute Gasteiger partial charge is 0.508 e. The van der Waals surface area contributed by atoms with Gasteiger partial charge in [0.25, 0.3) is 0 Å². The molecule has 20 heavy (non-hydrogen) atoms. The second kappa shape index (κ2) is 4.59. The molecule has 0 aliphatic heterocycles. The van der Waals surface area contributed by atoms with Crippen LogP contribution in [0.2, 0.25) is 0 Å². The van der Waals surface area contributed by atoms with Gasteiger partial charge in [0.1, 0.15) is 11.0 Å². The average Bonchev–Trinajstić information content (AvgIpc) is 2.78. The third-order valence-corrected chi connectivity index (χ3v) is 6.02. The van der Waals surface area contributed by atoms with E-state index in [-0.39, 0.29) is 10.7 Å². The Kier molecular flexibility index (Phi) is 3.01. The third-order valence-electron chi connectivity index (χ3n) is 3.86. The molecule has 0 radical (unpaired) electrons. The molecule has 0 saturated heterocycles. The van der Waals surface area contributed by atoms with Gasteiger partial charge >= 0.3 is 0 Å². The summed E-state index contributed by atoms with van der Waals surface area (Å²) in [6, 6.07) is 8.00. The highest BCUT2D eigenvalue weighted by atomic mass is 32.2. The molecule has 1 aromatic carbocycles. The summed E-state index contributed by atoms with van der Waals surface area (Å²) in [4.78, 5) is 12.3. The van der Waals surface area contributed by atoms with Gasteiger partial charge in [-0.2, -0.15) is 0 Å². The number of hydrogen-bond donors (Lipinski definition) is 1. The van der Waals surface area contributed by atoms with Crippen LogP contribution >= 0.6 is 0 Å². The first kappa shape index (κ1) is 13.1. The summed E-state index contributed by atoms with van der Waals surface area (Å²) in [6.45, 7) is 0. The fraction of sp³-hybridized carbons (Fsp3) is 0.267. The van der Waals surface area contributed by atoms with E-state index in [0.717, 1.165) is 0 Å². The van der Waals surface area contributed by atoms with Gasteiger partial charge in [-0.15, -0.1) is 0 Å². The van der Waals surface area contributed by atoms with Crippen LogP contribution < -0.4 is 0 Å². The molecule has 0 heterocycles. The van der Waals surface area contributed by atoms with Crippen LogP contribution in [0, 0.1) is 5.92 Å². The van der Waals surface area contributed by atoms with Gasteiger partial charge in [-0.1, -0.05) is 18.2 Å². The first-order chi connectivity index (χ1) is 9.51. The number of aliphatic hydroxyl groups is 1. The maximum Gasteiger partial charge on any atom is 0.189 e. The van der Waals surface area contributed by atoms with Crippen molar-refractivity contribution >= 4 is 15.6 Å². The van der Waals surface area contributed by atoms with Crippen LogP contribution in [0.4, 0.5) is 0 Å². The first-order valence-electron chi connectivity index (χ1n) is 6.45. The summed E-state index contributed by atoms with van der Waals surface area (Å²) >= 11 is 0. The van der Waals surface area contributed by atoms with Gasteiger partial charge < -0.3 is 5.11 Å². The number of rotatable bonds is 2. The second-order valence-corrected chi connectivity index (χ2v) is 7.12. The fourth-order valence-corrected chi connectivity index (χ4v) is 4.84. The topological polar surface area (TPSA) is 71.4 Å². The van der Waals surface area contributed by atoms with E-state index in [9.17, 15) is 18.3 Å². The van der Waals surface area contributed by atoms with Crippen LogP contribution in [0.3, 0.4) is 0 Å². The zero-order chi connectivity index (χ0) is 14.3. The summed E-state index contributed by atoms with van der Waals surface area (Å²) in [5.41, 5.74) is 0.464. The number of fused-ring (bicyclic) bond motifs is 1. The highest BCUT2D eigenvalue weighted by molar-refractivity contribution is 7.93. The van der Waals surface area contributed by atoms with Crippen molar-refractivity contribution in [1.29, 1.82) is 0 Å². The Bertz CT molecular complexity index is 714. The number of aliphatic hydroxyl groups excluding tert-OH is 1. The Balaban J connectivity index is 2.05. The molecule has 5 heteroatoms. The Labute approximate surface area is 117 Å². The number of benzene rings is 1. The lowest BCUT2D eigenvalue weighted by molar-refractivity contribution is -0.114. The molecule has 0 bridgehead atoms. The number of allylic oxidation sites excluding steroid dienone is 3. The molecule has 0 unspecified atom stereocenters. The third kappa shape index (κ3) is 1.89. The van der Waals surface area contributed by atoms with Gasteiger partial charge in [-0.05, 0) is 37.1 Å². The van der Waals surface area contributed by atoms with Crippen molar-refractivity contribution in [2.45, 2.75) is 23.0 Å². The Morgan fingerprint density at radius 3 is 2.55 bits per heavy atom. The molecular weight excluding hydrogens is 276 g/mol.